The van der Waals surface area contributed by atoms with Gasteiger partial charge >= 0.3 is 0 Å². The molecule has 1 aliphatic rings. The van der Waals surface area contributed by atoms with E-state index in [1.165, 1.54) is 4.31 Å². The second-order valence-electron chi connectivity index (χ2n) is 6.68. The van der Waals surface area contributed by atoms with E-state index in [1.54, 1.807) is 14.0 Å². The first-order chi connectivity index (χ1) is 9.69. The van der Waals surface area contributed by atoms with E-state index in [0.29, 0.717) is 16.7 Å². The van der Waals surface area contributed by atoms with E-state index in [4.69, 9.17) is 11.6 Å². The highest BCUT2D eigenvalue weighted by atomic mass is 35.5. The van der Waals surface area contributed by atoms with Crippen LogP contribution in [-0.4, -0.2) is 36.0 Å². The van der Waals surface area contributed by atoms with Crippen LogP contribution in [0.25, 0.3) is 0 Å². The Balaban J connectivity index is 2.23. The molecule has 120 valence electrons. The van der Waals surface area contributed by atoms with Crippen LogP contribution in [0.1, 0.15) is 50.8 Å². The van der Waals surface area contributed by atoms with E-state index in [1.807, 2.05) is 0 Å². The molecule has 0 unspecified atom stereocenters. The van der Waals surface area contributed by atoms with Crippen molar-refractivity contribution in [1.82, 2.24) is 14.5 Å². The number of sulfonamides is 1. The number of nitrogens with one attached hydrogen (secondary N) is 1. The summed E-state index contributed by atoms with van der Waals surface area (Å²) >= 11 is 5.87. The number of hydrogen-bond acceptors (Lipinski definition) is 3. The second kappa shape index (κ2) is 5.89. The molecule has 0 saturated heterocycles. The van der Waals surface area contributed by atoms with Gasteiger partial charge in [0, 0.05) is 24.3 Å². The van der Waals surface area contributed by atoms with E-state index < -0.39 is 10.0 Å². The van der Waals surface area contributed by atoms with Crippen LogP contribution in [-0.2, 0) is 15.9 Å². The van der Waals surface area contributed by atoms with Crippen molar-refractivity contribution in [2.24, 2.45) is 5.41 Å². The van der Waals surface area contributed by atoms with Gasteiger partial charge in [0.1, 0.15) is 0 Å². The average molecular weight is 334 g/mol. The molecular weight excluding hydrogens is 310 g/mol. The molecule has 0 aliphatic heterocycles. The van der Waals surface area contributed by atoms with Crippen molar-refractivity contribution in [3.05, 3.63) is 11.3 Å². The number of aryl methyl sites for hydroxylation is 1. The Bertz CT molecular complexity index is 600. The molecule has 0 atom stereocenters. The highest BCUT2D eigenvalue weighted by Crippen LogP contribution is 2.38. The highest BCUT2D eigenvalue weighted by molar-refractivity contribution is 7.89. The predicted molar refractivity (Wildman–Crippen MR) is 83.9 cm³/mol. The molecule has 0 bridgehead atoms. The molecule has 2 rings (SSSR count). The van der Waals surface area contributed by atoms with Gasteiger partial charge in [-0.15, -0.1) is 11.6 Å². The minimum atomic E-state index is -3.59. The standard InChI is InChI=1S/C14H24ClN3O2S/c1-10-12(9-15)13(17-16-10)21(19,20)18(4)11-5-7-14(2,3)8-6-11/h11H,5-9H2,1-4H3,(H,16,17). The topological polar surface area (TPSA) is 66.1 Å². The zero-order valence-electron chi connectivity index (χ0n) is 13.1. The molecule has 1 aliphatic carbocycles. The quantitative estimate of drug-likeness (QED) is 0.861. The van der Waals surface area contributed by atoms with Crippen molar-refractivity contribution < 1.29 is 8.42 Å². The molecule has 0 amide bonds. The number of rotatable bonds is 4. The van der Waals surface area contributed by atoms with E-state index in [-0.39, 0.29) is 16.9 Å². The van der Waals surface area contributed by atoms with Crippen LogP contribution in [0.2, 0.25) is 0 Å². The fraction of sp³-hybridized carbons (Fsp3) is 0.786. The molecule has 1 aromatic rings. The van der Waals surface area contributed by atoms with Gasteiger partial charge in [0.2, 0.25) is 0 Å². The lowest BCUT2D eigenvalue weighted by atomic mass is 9.76. The van der Waals surface area contributed by atoms with Crippen LogP contribution in [0.5, 0.6) is 0 Å². The Morgan fingerprint density at radius 2 is 1.95 bits per heavy atom. The third-order valence-electron chi connectivity index (χ3n) is 4.62. The third kappa shape index (κ3) is 3.27. The lowest BCUT2D eigenvalue weighted by molar-refractivity contribution is 0.174. The number of nitrogens with zero attached hydrogens (tertiary/aromatic N) is 2. The Labute approximate surface area is 132 Å². The maximum atomic E-state index is 12.8. The summed E-state index contributed by atoms with van der Waals surface area (Å²) in [5.41, 5.74) is 1.59. The molecule has 5 nitrogen and oxygen atoms in total. The monoisotopic (exact) mass is 333 g/mol. The Morgan fingerprint density at radius 3 is 2.48 bits per heavy atom. The van der Waals surface area contributed by atoms with Crippen LogP contribution >= 0.6 is 11.6 Å². The van der Waals surface area contributed by atoms with Crippen molar-refractivity contribution in [1.29, 1.82) is 0 Å². The SMILES string of the molecule is Cc1[nH]nc(S(=O)(=O)N(C)C2CCC(C)(C)CC2)c1CCl. The molecule has 0 radical (unpaired) electrons. The second-order valence-corrected chi connectivity index (χ2v) is 8.86. The zero-order valence-corrected chi connectivity index (χ0v) is 14.7. The first-order valence-corrected chi connectivity index (χ1v) is 9.24. The molecule has 1 fully saturated rings. The summed E-state index contributed by atoms with van der Waals surface area (Å²) in [4.78, 5) is 0. The number of aromatic amines is 1. The van der Waals surface area contributed by atoms with Gasteiger partial charge in [0.15, 0.2) is 5.03 Å². The van der Waals surface area contributed by atoms with Crippen molar-refractivity contribution in [3.63, 3.8) is 0 Å². The molecule has 21 heavy (non-hydrogen) atoms. The third-order valence-corrected chi connectivity index (χ3v) is 6.77. The Morgan fingerprint density at radius 1 is 1.38 bits per heavy atom. The minimum absolute atomic E-state index is 0.0446. The zero-order chi connectivity index (χ0) is 15.8. The molecule has 1 saturated carbocycles. The maximum absolute atomic E-state index is 12.8. The van der Waals surface area contributed by atoms with Gasteiger partial charge in [0.05, 0.1) is 5.88 Å². The number of hydrogen-bond donors (Lipinski definition) is 1. The summed E-state index contributed by atoms with van der Waals surface area (Å²) in [5, 5.41) is 6.76. The van der Waals surface area contributed by atoms with E-state index in [2.05, 4.69) is 24.0 Å². The van der Waals surface area contributed by atoms with E-state index in [9.17, 15) is 8.42 Å². The summed E-state index contributed by atoms with van der Waals surface area (Å²) in [6, 6.07) is 0.0446. The van der Waals surface area contributed by atoms with Gasteiger partial charge in [-0.3, -0.25) is 5.10 Å². The molecule has 1 aromatic heterocycles. The fourth-order valence-electron chi connectivity index (χ4n) is 2.88. The number of H-pyrrole nitrogens is 1. The van der Waals surface area contributed by atoms with Gasteiger partial charge in [-0.1, -0.05) is 13.8 Å². The van der Waals surface area contributed by atoms with Crippen LogP contribution < -0.4 is 0 Å². The summed E-state index contributed by atoms with van der Waals surface area (Å²) < 4.78 is 27.0. The molecule has 1 heterocycles. The first-order valence-electron chi connectivity index (χ1n) is 7.27. The average Bonchev–Trinajstić information content (AvgIpc) is 2.79. The fourth-order valence-corrected chi connectivity index (χ4v) is 4.86. The lowest BCUT2D eigenvalue weighted by Gasteiger charge is -2.37. The molecule has 0 aromatic carbocycles. The van der Waals surface area contributed by atoms with Gasteiger partial charge in [-0.25, -0.2) is 8.42 Å². The summed E-state index contributed by atoms with van der Waals surface area (Å²) in [5.74, 6) is 0.141. The largest absolute Gasteiger partial charge is 0.281 e. The predicted octanol–water partition coefficient (Wildman–Crippen LogP) is 3.05. The van der Waals surface area contributed by atoms with Crippen molar-refractivity contribution >= 4 is 21.6 Å². The van der Waals surface area contributed by atoms with Crippen LogP contribution in [0, 0.1) is 12.3 Å². The smallest absolute Gasteiger partial charge is 0.262 e. The van der Waals surface area contributed by atoms with Crippen molar-refractivity contribution in [2.45, 2.75) is 63.4 Å². The van der Waals surface area contributed by atoms with Crippen molar-refractivity contribution in [3.8, 4) is 0 Å². The molecule has 7 heteroatoms. The number of halogens is 1. The van der Waals surface area contributed by atoms with Crippen molar-refractivity contribution in [2.75, 3.05) is 7.05 Å². The summed E-state index contributed by atoms with van der Waals surface area (Å²) in [6.07, 6.45) is 3.86. The van der Waals surface area contributed by atoms with Crippen LogP contribution in [0.15, 0.2) is 5.03 Å². The Hall–Kier alpha value is -0.590. The van der Waals surface area contributed by atoms with Crippen LogP contribution in [0.3, 0.4) is 0 Å². The summed E-state index contributed by atoms with van der Waals surface area (Å²) in [7, 11) is -1.94. The normalized spacial score (nSPS) is 20.1. The van der Waals surface area contributed by atoms with Crippen LogP contribution in [0.4, 0.5) is 0 Å². The highest BCUT2D eigenvalue weighted by Gasteiger charge is 2.36. The van der Waals surface area contributed by atoms with E-state index in [0.717, 1.165) is 25.7 Å². The minimum Gasteiger partial charge on any atom is -0.281 e. The van der Waals surface area contributed by atoms with E-state index >= 15 is 0 Å². The maximum Gasteiger partial charge on any atom is 0.262 e. The first kappa shape index (κ1) is 16.8. The molecule has 1 N–H and O–H groups in total. The van der Waals surface area contributed by atoms with Gasteiger partial charge < -0.3 is 0 Å². The number of alkyl halides is 1. The number of aromatic nitrogens is 2. The van der Waals surface area contributed by atoms with Gasteiger partial charge in [-0.05, 0) is 38.0 Å². The molecule has 0 spiro atoms. The molecular formula is C14H24ClN3O2S. The van der Waals surface area contributed by atoms with Gasteiger partial charge in [-0.2, -0.15) is 9.40 Å². The van der Waals surface area contributed by atoms with Gasteiger partial charge in [0.25, 0.3) is 10.0 Å². The lowest BCUT2D eigenvalue weighted by Crippen LogP contribution is -2.41. The Kier molecular flexibility index (Phi) is 4.71. The summed E-state index contributed by atoms with van der Waals surface area (Å²) in [6.45, 7) is 6.26.